The number of carbonyl (C=O) groups is 2. The summed E-state index contributed by atoms with van der Waals surface area (Å²) in [6.45, 7) is 4.72. The SMILES string of the molecule is CCC(C)(CNC(=O)c1c(C)nc2c(OCc3c(F)cccc3F)cc(-c3cnco3)cn12)NC(=O)O. The number of carbonyl (C=O) groups excluding carboxylic acids is 1. The number of carboxylic acid groups (broad SMARTS) is 1. The number of benzene rings is 1. The van der Waals surface area contributed by atoms with Crippen molar-refractivity contribution in [1.82, 2.24) is 25.0 Å². The molecule has 3 N–H and O–H groups in total. The summed E-state index contributed by atoms with van der Waals surface area (Å²) in [5.74, 6) is -1.49. The Morgan fingerprint density at radius 3 is 2.62 bits per heavy atom. The van der Waals surface area contributed by atoms with Crippen molar-refractivity contribution >= 4 is 17.6 Å². The molecule has 4 rings (SSSR count). The summed E-state index contributed by atoms with van der Waals surface area (Å²) in [5, 5.41) is 14.3. The first kappa shape index (κ1) is 25.6. The molecule has 1 atom stereocenters. The van der Waals surface area contributed by atoms with Gasteiger partial charge in [-0.25, -0.2) is 23.5 Å². The standard InChI is InChI=1S/C25H25F2N5O5/c1-4-25(3,31-24(34)35)12-29-23(33)21-14(2)30-22-19(36-11-16-17(26)6-5-7-18(16)27)8-15(10-32(21)22)20-9-28-13-37-20/h5-10,13,31H,4,11-12H2,1-3H3,(H,29,33)(H,34,35). The number of aryl methyl sites for hydroxylation is 1. The fourth-order valence-electron chi connectivity index (χ4n) is 3.80. The van der Waals surface area contributed by atoms with Gasteiger partial charge in [0.25, 0.3) is 5.91 Å². The number of rotatable bonds is 9. The van der Waals surface area contributed by atoms with Crippen LogP contribution in [0.4, 0.5) is 13.6 Å². The van der Waals surface area contributed by atoms with E-state index in [4.69, 9.17) is 14.3 Å². The molecule has 0 radical (unpaired) electrons. The summed E-state index contributed by atoms with van der Waals surface area (Å²) in [7, 11) is 0. The van der Waals surface area contributed by atoms with Gasteiger partial charge in [0.1, 0.15) is 23.9 Å². The van der Waals surface area contributed by atoms with Gasteiger partial charge in [0.05, 0.1) is 23.0 Å². The van der Waals surface area contributed by atoms with E-state index in [1.54, 1.807) is 33.0 Å². The normalized spacial score (nSPS) is 12.8. The summed E-state index contributed by atoms with van der Waals surface area (Å²) in [6.07, 6.45) is 3.55. The molecule has 10 nitrogen and oxygen atoms in total. The third-order valence-corrected chi connectivity index (χ3v) is 6.05. The summed E-state index contributed by atoms with van der Waals surface area (Å²) < 4.78 is 41.0. The maximum Gasteiger partial charge on any atom is 0.405 e. The van der Waals surface area contributed by atoms with Crippen molar-refractivity contribution in [2.24, 2.45) is 0 Å². The van der Waals surface area contributed by atoms with Crippen LogP contribution in [-0.2, 0) is 6.61 Å². The van der Waals surface area contributed by atoms with Gasteiger partial charge in [-0.2, -0.15) is 0 Å². The molecule has 0 fully saturated rings. The molecule has 0 saturated heterocycles. The van der Waals surface area contributed by atoms with E-state index < -0.39 is 35.8 Å². The number of amides is 2. The van der Waals surface area contributed by atoms with Crippen molar-refractivity contribution in [3.63, 3.8) is 0 Å². The van der Waals surface area contributed by atoms with Crippen molar-refractivity contribution in [3.05, 3.63) is 71.6 Å². The summed E-state index contributed by atoms with van der Waals surface area (Å²) in [5.41, 5.74) is 0.109. The maximum atomic E-state index is 14.2. The molecule has 37 heavy (non-hydrogen) atoms. The lowest BCUT2D eigenvalue weighted by molar-refractivity contribution is 0.0930. The van der Waals surface area contributed by atoms with Gasteiger partial charge in [-0.15, -0.1) is 0 Å². The average molecular weight is 514 g/mol. The minimum atomic E-state index is -1.20. The summed E-state index contributed by atoms with van der Waals surface area (Å²) in [6, 6.07) is 5.10. The van der Waals surface area contributed by atoms with Gasteiger partial charge in [-0.05, 0) is 38.5 Å². The van der Waals surface area contributed by atoms with Gasteiger partial charge in [0.15, 0.2) is 23.6 Å². The molecule has 4 aromatic rings. The smallest absolute Gasteiger partial charge is 0.405 e. The van der Waals surface area contributed by atoms with Crippen molar-refractivity contribution in [3.8, 4) is 17.1 Å². The van der Waals surface area contributed by atoms with Crippen LogP contribution in [0.1, 0.15) is 42.0 Å². The highest BCUT2D eigenvalue weighted by molar-refractivity contribution is 5.95. The summed E-state index contributed by atoms with van der Waals surface area (Å²) >= 11 is 0. The molecule has 0 saturated carbocycles. The molecule has 1 unspecified atom stereocenters. The van der Waals surface area contributed by atoms with E-state index >= 15 is 0 Å². The van der Waals surface area contributed by atoms with Crippen LogP contribution in [0.25, 0.3) is 17.0 Å². The number of nitrogens with zero attached hydrogens (tertiary/aromatic N) is 3. The number of hydrogen-bond donors (Lipinski definition) is 3. The largest absolute Gasteiger partial charge is 0.485 e. The number of oxazole rings is 1. The van der Waals surface area contributed by atoms with Crippen LogP contribution >= 0.6 is 0 Å². The Kier molecular flexibility index (Phi) is 7.09. The van der Waals surface area contributed by atoms with Gasteiger partial charge in [-0.1, -0.05) is 13.0 Å². The summed E-state index contributed by atoms with van der Waals surface area (Å²) in [4.78, 5) is 32.8. The Bertz CT molecular complexity index is 1430. The molecule has 0 aliphatic heterocycles. The number of imidazole rings is 1. The van der Waals surface area contributed by atoms with Crippen molar-refractivity contribution < 1.29 is 32.6 Å². The Morgan fingerprint density at radius 2 is 2.00 bits per heavy atom. The molecule has 0 spiro atoms. The minimum Gasteiger partial charge on any atom is -0.485 e. The van der Waals surface area contributed by atoms with Crippen LogP contribution in [-0.4, -0.2) is 43.6 Å². The Labute approximate surface area is 210 Å². The van der Waals surface area contributed by atoms with Gasteiger partial charge in [0.2, 0.25) is 0 Å². The first-order valence-electron chi connectivity index (χ1n) is 11.4. The van der Waals surface area contributed by atoms with Crippen molar-refractivity contribution in [1.29, 1.82) is 0 Å². The van der Waals surface area contributed by atoms with Gasteiger partial charge < -0.3 is 24.9 Å². The Hall–Kier alpha value is -4.48. The van der Waals surface area contributed by atoms with Crippen LogP contribution < -0.4 is 15.4 Å². The molecular formula is C25H25F2N5O5. The highest BCUT2D eigenvalue weighted by Crippen LogP contribution is 2.30. The second-order valence-corrected chi connectivity index (χ2v) is 8.71. The van der Waals surface area contributed by atoms with E-state index in [1.165, 1.54) is 23.1 Å². The van der Waals surface area contributed by atoms with Crippen LogP contribution in [0.2, 0.25) is 0 Å². The highest BCUT2D eigenvalue weighted by Gasteiger charge is 2.27. The molecular weight excluding hydrogens is 488 g/mol. The van der Waals surface area contributed by atoms with Gasteiger partial charge in [0, 0.05) is 18.3 Å². The number of aromatic nitrogens is 3. The van der Waals surface area contributed by atoms with Crippen LogP contribution in [0, 0.1) is 18.6 Å². The zero-order valence-electron chi connectivity index (χ0n) is 20.3. The first-order chi connectivity index (χ1) is 17.6. The molecule has 3 aromatic heterocycles. The molecule has 3 heterocycles. The Balaban J connectivity index is 1.72. The highest BCUT2D eigenvalue weighted by atomic mass is 19.1. The fourth-order valence-corrected chi connectivity index (χ4v) is 3.80. The molecule has 0 bridgehead atoms. The molecule has 2 amide bonds. The van der Waals surface area contributed by atoms with Crippen LogP contribution in [0.3, 0.4) is 0 Å². The van der Waals surface area contributed by atoms with E-state index in [9.17, 15) is 18.4 Å². The third-order valence-electron chi connectivity index (χ3n) is 6.05. The predicted octanol–water partition coefficient (Wildman–Crippen LogP) is 4.32. The van der Waals surface area contributed by atoms with E-state index in [1.807, 2.05) is 0 Å². The second kappa shape index (κ2) is 10.2. The second-order valence-electron chi connectivity index (χ2n) is 8.71. The molecule has 0 aliphatic carbocycles. The molecule has 0 aliphatic rings. The number of hydrogen-bond acceptors (Lipinski definition) is 6. The number of nitrogens with one attached hydrogen (secondary N) is 2. The van der Waals surface area contributed by atoms with Crippen LogP contribution in [0.15, 0.2) is 47.5 Å². The van der Waals surface area contributed by atoms with Gasteiger partial charge >= 0.3 is 6.09 Å². The average Bonchev–Trinajstić information content (AvgIpc) is 3.49. The van der Waals surface area contributed by atoms with E-state index in [0.29, 0.717) is 23.4 Å². The lowest BCUT2D eigenvalue weighted by Crippen LogP contribution is -2.52. The predicted molar refractivity (Wildman–Crippen MR) is 128 cm³/mol. The number of halogens is 2. The zero-order valence-corrected chi connectivity index (χ0v) is 20.3. The topological polar surface area (TPSA) is 131 Å². The Morgan fingerprint density at radius 1 is 1.27 bits per heavy atom. The minimum absolute atomic E-state index is 0.0268. The van der Waals surface area contributed by atoms with E-state index in [2.05, 4.69) is 20.6 Å². The molecule has 194 valence electrons. The maximum absolute atomic E-state index is 14.2. The zero-order chi connectivity index (χ0) is 26.7. The van der Waals surface area contributed by atoms with Crippen molar-refractivity contribution in [2.45, 2.75) is 39.3 Å². The van der Waals surface area contributed by atoms with Crippen LogP contribution in [0.5, 0.6) is 5.75 Å². The third kappa shape index (κ3) is 5.37. The fraction of sp³-hybridized carbons (Fsp3) is 0.280. The molecule has 12 heteroatoms. The lowest BCUT2D eigenvalue weighted by atomic mass is 9.99. The number of ether oxygens (including phenoxy) is 1. The van der Waals surface area contributed by atoms with E-state index in [0.717, 1.165) is 12.1 Å². The first-order valence-corrected chi connectivity index (χ1v) is 11.4. The monoisotopic (exact) mass is 513 g/mol. The lowest BCUT2D eigenvalue weighted by Gasteiger charge is -2.28. The number of pyridine rings is 1. The van der Waals surface area contributed by atoms with Gasteiger partial charge in [-0.3, -0.25) is 9.20 Å². The molecule has 1 aromatic carbocycles. The quantitative estimate of drug-likeness (QED) is 0.304. The number of fused-ring (bicyclic) bond motifs is 1. The van der Waals surface area contributed by atoms with Crippen molar-refractivity contribution in [2.75, 3.05) is 6.54 Å². The van der Waals surface area contributed by atoms with E-state index in [-0.39, 0.29) is 29.2 Å².